The van der Waals surface area contributed by atoms with E-state index in [-0.39, 0.29) is 5.88 Å². The van der Waals surface area contributed by atoms with Gasteiger partial charge in [-0.15, -0.1) is 16.7 Å². The minimum Gasteiger partial charge on any atom is -0.461 e. The van der Waals surface area contributed by atoms with Crippen molar-refractivity contribution in [3.8, 4) is 11.6 Å². The van der Waals surface area contributed by atoms with E-state index < -0.39 is 0 Å². The molecular weight excluding hydrogens is 311 g/mol. The lowest BCUT2D eigenvalue weighted by Crippen LogP contribution is -2.01. The fraction of sp³-hybridized carbons (Fsp3) is 0.0714. The fourth-order valence-corrected chi connectivity index (χ4v) is 2.58. The first-order chi connectivity index (χ1) is 10.3. The third-order valence-electron chi connectivity index (χ3n) is 3.16. The topological polar surface area (TPSA) is 56.2 Å². The molecule has 0 N–H and O–H groups in total. The molecule has 0 aliphatic heterocycles. The number of hydrogen-bond donors (Lipinski definition) is 0. The van der Waals surface area contributed by atoms with Crippen LogP contribution in [-0.2, 0) is 5.88 Å². The zero-order chi connectivity index (χ0) is 14.4. The molecule has 0 saturated carbocycles. The Morgan fingerprint density at radius 1 is 1.19 bits per heavy atom. The number of hydrogen-bond acceptors (Lipinski definition) is 4. The second-order valence-electron chi connectivity index (χ2n) is 4.47. The highest BCUT2D eigenvalue weighted by molar-refractivity contribution is 6.31. The van der Waals surface area contributed by atoms with Gasteiger partial charge in [0.25, 0.3) is 0 Å². The van der Waals surface area contributed by atoms with E-state index >= 15 is 0 Å². The molecule has 0 fully saturated rings. The Morgan fingerprint density at radius 3 is 2.86 bits per heavy atom. The molecule has 0 amide bonds. The molecule has 0 saturated heterocycles. The molecule has 0 unspecified atom stereocenters. The summed E-state index contributed by atoms with van der Waals surface area (Å²) in [7, 11) is 0. The second kappa shape index (κ2) is 4.72. The summed E-state index contributed by atoms with van der Waals surface area (Å²) in [5, 5.41) is 5.87. The SMILES string of the molecule is ClCc1nc2ccc(Cl)cc2c2nc(-c3ccco3)nn12. The van der Waals surface area contributed by atoms with E-state index in [1.807, 2.05) is 12.1 Å². The van der Waals surface area contributed by atoms with Crippen LogP contribution < -0.4 is 0 Å². The van der Waals surface area contributed by atoms with Crippen molar-refractivity contribution in [2.45, 2.75) is 5.88 Å². The maximum Gasteiger partial charge on any atom is 0.217 e. The van der Waals surface area contributed by atoms with Gasteiger partial charge in [-0.25, -0.2) is 9.97 Å². The number of furan rings is 1. The van der Waals surface area contributed by atoms with Gasteiger partial charge in [-0.05, 0) is 30.3 Å². The number of alkyl halides is 1. The van der Waals surface area contributed by atoms with Gasteiger partial charge < -0.3 is 4.42 Å². The molecule has 3 heterocycles. The molecule has 0 aliphatic rings. The van der Waals surface area contributed by atoms with Crippen molar-refractivity contribution < 1.29 is 4.42 Å². The fourth-order valence-electron chi connectivity index (χ4n) is 2.23. The second-order valence-corrected chi connectivity index (χ2v) is 5.17. The first kappa shape index (κ1) is 12.6. The normalized spacial score (nSPS) is 11.5. The van der Waals surface area contributed by atoms with Crippen LogP contribution in [0.25, 0.3) is 28.1 Å². The summed E-state index contributed by atoms with van der Waals surface area (Å²) in [4.78, 5) is 9.03. The molecule has 4 aromatic rings. The van der Waals surface area contributed by atoms with E-state index in [1.54, 1.807) is 29.0 Å². The van der Waals surface area contributed by atoms with Gasteiger partial charge in [-0.1, -0.05) is 11.6 Å². The third kappa shape index (κ3) is 1.97. The van der Waals surface area contributed by atoms with Gasteiger partial charge in [0, 0.05) is 10.4 Å². The molecule has 0 radical (unpaired) electrons. The maximum atomic E-state index is 6.07. The van der Waals surface area contributed by atoms with E-state index in [0.29, 0.717) is 28.1 Å². The van der Waals surface area contributed by atoms with Crippen molar-refractivity contribution >= 4 is 39.8 Å². The highest BCUT2D eigenvalue weighted by atomic mass is 35.5. The largest absolute Gasteiger partial charge is 0.461 e. The van der Waals surface area contributed by atoms with Crippen LogP contribution in [0, 0.1) is 0 Å². The lowest BCUT2D eigenvalue weighted by atomic mass is 10.2. The molecule has 0 bridgehead atoms. The van der Waals surface area contributed by atoms with Crippen LogP contribution in [0.5, 0.6) is 0 Å². The van der Waals surface area contributed by atoms with Gasteiger partial charge in [0.2, 0.25) is 5.82 Å². The Balaban J connectivity index is 2.11. The van der Waals surface area contributed by atoms with Gasteiger partial charge in [-0.3, -0.25) is 0 Å². The zero-order valence-corrected chi connectivity index (χ0v) is 12.1. The van der Waals surface area contributed by atoms with E-state index in [4.69, 9.17) is 27.6 Å². The Labute approximate surface area is 129 Å². The molecule has 0 spiro atoms. The number of benzene rings is 1. The van der Waals surface area contributed by atoms with E-state index in [0.717, 1.165) is 10.9 Å². The van der Waals surface area contributed by atoms with Crippen LogP contribution >= 0.6 is 23.2 Å². The predicted octanol–water partition coefficient (Wildman–Crippen LogP) is 3.93. The molecule has 0 aliphatic carbocycles. The summed E-state index contributed by atoms with van der Waals surface area (Å²) in [6.07, 6.45) is 1.58. The first-order valence-corrected chi connectivity index (χ1v) is 7.12. The highest BCUT2D eigenvalue weighted by Gasteiger charge is 2.15. The average Bonchev–Trinajstić information content (AvgIpc) is 3.15. The number of aromatic nitrogens is 4. The summed E-state index contributed by atoms with van der Waals surface area (Å²) in [6.45, 7) is 0. The summed E-state index contributed by atoms with van der Waals surface area (Å²) in [6, 6.07) is 9.04. The van der Waals surface area contributed by atoms with Crippen LogP contribution in [0.2, 0.25) is 5.02 Å². The molecule has 104 valence electrons. The van der Waals surface area contributed by atoms with Crippen LogP contribution in [0.1, 0.15) is 5.82 Å². The Hall–Kier alpha value is -2.11. The van der Waals surface area contributed by atoms with Gasteiger partial charge in [0.15, 0.2) is 11.4 Å². The smallest absolute Gasteiger partial charge is 0.217 e. The van der Waals surface area contributed by atoms with Crippen molar-refractivity contribution in [2.24, 2.45) is 0 Å². The molecule has 21 heavy (non-hydrogen) atoms. The molecule has 1 aromatic carbocycles. The molecule has 5 nitrogen and oxygen atoms in total. The lowest BCUT2D eigenvalue weighted by molar-refractivity contribution is 0.577. The number of nitrogens with zero attached hydrogens (tertiary/aromatic N) is 4. The van der Waals surface area contributed by atoms with E-state index in [9.17, 15) is 0 Å². The summed E-state index contributed by atoms with van der Waals surface area (Å²) in [5.74, 6) is 1.93. The standard InChI is InChI=1S/C14H8Cl2N4O/c15-7-12-17-10-4-3-8(16)6-9(10)14-18-13(19-20(12)14)11-2-1-5-21-11/h1-6H,7H2. The lowest BCUT2D eigenvalue weighted by Gasteiger charge is -2.03. The Morgan fingerprint density at radius 2 is 2.10 bits per heavy atom. The van der Waals surface area contributed by atoms with Gasteiger partial charge >= 0.3 is 0 Å². The Bertz CT molecular complexity index is 947. The van der Waals surface area contributed by atoms with Crippen molar-refractivity contribution in [3.05, 3.63) is 47.4 Å². The zero-order valence-electron chi connectivity index (χ0n) is 10.6. The number of halogens is 2. The highest BCUT2D eigenvalue weighted by Crippen LogP contribution is 2.25. The molecule has 4 rings (SSSR count). The van der Waals surface area contributed by atoms with Crippen molar-refractivity contribution in [1.82, 2.24) is 19.6 Å². The minimum atomic E-state index is 0.232. The molecule has 0 atom stereocenters. The van der Waals surface area contributed by atoms with Crippen LogP contribution in [0.4, 0.5) is 0 Å². The van der Waals surface area contributed by atoms with Crippen molar-refractivity contribution in [2.75, 3.05) is 0 Å². The van der Waals surface area contributed by atoms with Crippen molar-refractivity contribution in [1.29, 1.82) is 0 Å². The Kier molecular flexibility index (Phi) is 2.83. The summed E-state index contributed by atoms with van der Waals surface area (Å²) < 4.78 is 6.97. The molecule has 7 heteroatoms. The summed E-state index contributed by atoms with van der Waals surface area (Å²) in [5.41, 5.74) is 1.44. The minimum absolute atomic E-state index is 0.232. The van der Waals surface area contributed by atoms with Crippen LogP contribution in [0.15, 0.2) is 41.0 Å². The monoisotopic (exact) mass is 318 g/mol. The number of rotatable bonds is 2. The van der Waals surface area contributed by atoms with Crippen LogP contribution in [-0.4, -0.2) is 19.6 Å². The van der Waals surface area contributed by atoms with Gasteiger partial charge in [-0.2, -0.15) is 4.52 Å². The van der Waals surface area contributed by atoms with E-state index in [1.165, 1.54) is 0 Å². The summed E-state index contributed by atoms with van der Waals surface area (Å²) >= 11 is 12.0. The van der Waals surface area contributed by atoms with Gasteiger partial charge in [0.05, 0.1) is 17.7 Å². The van der Waals surface area contributed by atoms with Crippen LogP contribution in [0.3, 0.4) is 0 Å². The average molecular weight is 319 g/mol. The third-order valence-corrected chi connectivity index (χ3v) is 3.64. The predicted molar refractivity (Wildman–Crippen MR) is 80.6 cm³/mol. The van der Waals surface area contributed by atoms with Crippen molar-refractivity contribution in [3.63, 3.8) is 0 Å². The number of fused-ring (bicyclic) bond motifs is 3. The molecule has 3 aromatic heterocycles. The quantitative estimate of drug-likeness (QED) is 0.525. The van der Waals surface area contributed by atoms with E-state index in [2.05, 4.69) is 15.1 Å². The first-order valence-electron chi connectivity index (χ1n) is 6.21. The maximum absolute atomic E-state index is 6.07. The van der Waals surface area contributed by atoms with Gasteiger partial charge in [0.1, 0.15) is 5.82 Å². The molecular formula is C14H8Cl2N4O.